The molecule has 4 heteroatoms. The molecule has 1 aromatic carbocycles. The molecule has 0 aliphatic heterocycles. The molecule has 1 N–H and O–H groups in total. The zero-order valence-corrected chi connectivity index (χ0v) is 13.4. The van der Waals surface area contributed by atoms with E-state index < -0.39 is 0 Å². The summed E-state index contributed by atoms with van der Waals surface area (Å²) in [5.74, 6) is 1.05. The molecule has 0 spiro atoms. The van der Waals surface area contributed by atoms with Crippen LogP contribution in [0.4, 0.5) is 0 Å². The Balaban J connectivity index is 2.26. The number of hydrogen-bond donors (Lipinski definition) is 1. The predicted molar refractivity (Wildman–Crippen MR) is 87.9 cm³/mol. The maximum atomic E-state index is 5.92. The summed E-state index contributed by atoms with van der Waals surface area (Å²) in [6.45, 7) is 7.06. The maximum Gasteiger partial charge on any atom is 0.169 e. The Morgan fingerprint density at radius 3 is 2.70 bits per heavy atom. The lowest BCUT2D eigenvalue weighted by Crippen LogP contribution is -2.40. The highest BCUT2D eigenvalue weighted by molar-refractivity contribution is 7.80. The van der Waals surface area contributed by atoms with E-state index in [9.17, 15) is 0 Å². The monoisotopic (exact) mass is 290 g/mol. The van der Waals surface area contributed by atoms with Crippen molar-refractivity contribution in [2.75, 3.05) is 7.05 Å². The Labute approximate surface area is 125 Å². The van der Waals surface area contributed by atoms with Crippen molar-refractivity contribution in [1.29, 1.82) is 0 Å². The molecule has 20 heavy (non-hydrogen) atoms. The smallest absolute Gasteiger partial charge is 0.169 e. The standard InChI is InChI=1S/C16H22N2OS/c1-5-14-13(10-18(4)16(20)17-11(2)3)12-8-6-7-9-15(12)19-14/h6-9,11H,5,10H2,1-4H3,(H,17,20). The number of nitrogens with zero attached hydrogens (tertiary/aromatic N) is 1. The van der Waals surface area contributed by atoms with Gasteiger partial charge < -0.3 is 14.6 Å². The number of thiocarbonyl (C=S) groups is 1. The van der Waals surface area contributed by atoms with Gasteiger partial charge in [0.25, 0.3) is 0 Å². The van der Waals surface area contributed by atoms with Gasteiger partial charge in [-0.15, -0.1) is 0 Å². The Morgan fingerprint density at radius 2 is 2.05 bits per heavy atom. The molecule has 1 heterocycles. The van der Waals surface area contributed by atoms with Crippen LogP contribution in [0.15, 0.2) is 28.7 Å². The zero-order valence-electron chi connectivity index (χ0n) is 12.6. The fraction of sp³-hybridized carbons (Fsp3) is 0.438. The summed E-state index contributed by atoms with van der Waals surface area (Å²) >= 11 is 5.41. The van der Waals surface area contributed by atoms with E-state index in [4.69, 9.17) is 16.6 Å². The van der Waals surface area contributed by atoms with Crippen molar-refractivity contribution in [3.63, 3.8) is 0 Å². The molecule has 0 saturated carbocycles. The lowest BCUT2D eigenvalue weighted by atomic mass is 10.1. The first-order valence-electron chi connectivity index (χ1n) is 7.03. The second-order valence-corrected chi connectivity index (χ2v) is 5.70. The van der Waals surface area contributed by atoms with Crippen LogP contribution in [0.25, 0.3) is 11.0 Å². The summed E-state index contributed by atoms with van der Waals surface area (Å²) in [4.78, 5) is 2.06. The molecule has 108 valence electrons. The second kappa shape index (κ2) is 6.27. The van der Waals surface area contributed by atoms with E-state index in [1.54, 1.807) is 0 Å². The summed E-state index contributed by atoms with van der Waals surface area (Å²) < 4.78 is 5.92. The molecule has 2 aromatic rings. The number of aryl methyl sites for hydroxylation is 1. The molecule has 2 rings (SSSR count). The zero-order chi connectivity index (χ0) is 14.7. The third-order valence-electron chi connectivity index (χ3n) is 3.26. The molecule has 0 amide bonds. The molecule has 0 radical (unpaired) electrons. The molecular formula is C16H22N2OS. The third-order valence-corrected chi connectivity index (χ3v) is 3.69. The Morgan fingerprint density at radius 1 is 1.35 bits per heavy atom. The topological polar surface area (TPSA) is 28.4 Å². The fourth-order valence-electron chi connectivity index (χ4n) is 2.27. The molecule has 3 nitrogen and oxygen atoms in total. The second-order valence-electron chi connectivity index (χ2n) is 5.31. The van der Waals surface area contributed by atoms with Crippen LogP contribution in [0.2, 0.25) is 0 Å². The average molecular weight is 290 g/mol. The maximum absolute atomic E-state index is 5.92. The van der Waals surface area contributed by atoms with Gasteiger partial charge in [0.1, 0.15) is 11.3 Å². The number of fused-ring (bicyclic) bond motifs is 1. The first-order valence-corrected chi connectivity index (χ1v) is 7.44. The van der Waals surface area contributed by atoms with Crippen LogP contribution < -0.4 is 5.32 Å². The predicted octanol–water partition coefficient (Wildman–Crippen LogP) is 3.71. The highest BCUT2D eigenvalue weighted by atomic mass is 32.1. The van der Waals surface area contributed by atoms with Gasteiger partial charge in [-0.05, 0) is 32.1 Å². The average Bonchev–Trinajstić information content (AvgIpc) is 2.76. The number of para-hydroxylation sites is 1. The van der Waals surface area contributed by atoms with Gasteiger partial charge in [-0.25, -0.2) is 0 Å². The van der Waals surface area contributed by atoms with Gasteiger partial charge in [0.05, 0.1) is 0 Å². The van der Waals surface area contributed by atoms with Gasteiger partial charge in [0.15, 0.2) is 5.11 Å². The van der Waals surface area contributed by atoms with Crippen LogP contribution in [-0.2, 0) is 13.0 Å². The number of nitrogens with one attached hydrogen (secondary N) is 1. The van der Waals surface area contributed by atoms with E-state index in [2.05, 4.69) is 37.1 Å². The molecule has 0 fully saturated rings. The summed E-state index contributed by atoms with van der Waals surface area (Å²) in [5, 5.41) is 5.22. The highest BCUT2D eigenvalue weighted by Gasteiger charge is 2.15. The number of rotatable bonds is 4. The van der Waals surface area contributed by atoms with E-state index in [-0.39, 0.29) is 0 Å². The van der Waals surface area contributed by atoms with E-state index in [1.807, 2.05) is 25.2 Å². The van der Waals surface area contributed by atoms with E-state index >= 15 is 0 Å². The summed E-state index contributed by atoms with van der Waals surface area (Å²) in [6.07, 6.45) is 0.891. The van der Waals surface area contributed by atoms with Gasteiger partial charge in [0, 0.05) is 37.0 Å². The van der Waals surface area contributed by atoms with Crippen LogP contribution in [0.3, 0.4) is 0 Å². The quantitative estimate of drug-likeness (QED) is 0.869. The minimum absolute atomic E-state index is 0.344. The first-order chi connectivity index (χ1) is 9.52. The summed E-state index contributed by atoms with van der Waals surface area (Å²) in [5.41, 5.74) is 2.19. The Bertz CT molecular complexity index is 604. The summed E-state index contributed by atoms with van der Waals surface area (Å²) in [7, 11) is 2.01. The van der Waals surface area contributed by atoms with Crippen LogP contribution in [0, 0.1) is 0 Å². The highest BCUT2D eigenvalue weighted by Crippen LogP contribution is 2.27. The van der Waals surface area contributed by atoms with Crippen molar-refractivity contribution >= 4 is 28.3 Å². The van der Waals surface area contributed by atoms with E-state index in [0.717, 1.165) is 29.4 Å². The molecule has 0 bridgehead atoms. The van der Waals surface area contributed by atoms with Crippen LogP contribution in [0.5, 0.6) is 0 Å². The molecule has 0 aliphatic carbocycles. The molecule has 0 unspecified atom stereocenters. The van der Waals surface area contributed by atoms with Gasteiger partial charge >= 0.3 is 0 Å². The largest absolute Gasteiger partial charge is 0.461 e. The molecular weight excluding hydrogens is 268 g/mol. The van der Waals surface area contributed by atoms with E-state index in [1.165, 1.54) is 10.9 Å². The number of benzene rings is 1. The fourth-order valence-corrected chi connectivity index (χ4v) is 2.57. The van der Waals surface area contributed by atoms with Crippen LogP contribution in [0.1, 0.15) is 32.1 Å². The summed E-state index contributed by atoms with van der Waals surface area (Å²) in [6, 6.07) is 8.52. The van der Waals surface area contributed by atoms with Gasteiger partial charge in [-0.1, -0.05) is 25.1 Å². The molecule has 1 aromatic heterocycles. The van der Waals surface area contributed by atoms with Crippen molar-refractivity contribution < 1.29 is 4.42 Å². The van der Waals surface area contributed by atoms with Crippen molar-refractivity contribution in [2.45, 2.75) is 39.8 Å². The molecule has 0 saturated heterocycles. The number of furan rings is 1. The van der Waals surface area contributed by atoms with Crippen molar-refractivity contribution in [3.8, 4) is 0 Å². The van der Waals surface area contributed by atoms with Gasteiger partial charge in [-0.2, -0.15) is 0 Å². The molecule has 0 aliphatic rings. The minimum Gasteiger partial charge on any atom is -0.461 e. The first kappa shape index (κ1) is 14.9. The minimum atomic E-state index is 0.344. The Hall–Kier alpha value is -1.55. The van der Waals surface area contributed by atoms with E-state index in [0.29, 0.717) is 6.04 Å². The van der Waals surface area contributed by atoms with Gasteiger partial charge in [0.2, 0.25) is 0 Å². The lowest BCUT2D eigenvalue weighted by molar-refractivity contribution is 0.467. The Kier molecular flexibility index (Phi) is 4.65. The van der Waals surface area contributed by atoms with Crippen LogP contribution >= 0.6 is 12.2 Å². The van der Waals surface area contributed by atoms with Crippen LogP contribution in [-0.4, -0.2) is 23.1 Å². The van der Waals surface area contributed by atoms with Gasteiger partial charge in [-0.3, -0.25) is 0 Å². The van der Waals surface area contributed by atoms with Crippen molar-refractivity contribution in [1.82, 2.24) is 10.2 Å². The van der Waals surface area contributed by atoms with Crippen molar-refractivity contribution in [2.24, 2.45) is 0 Å². The lowest BCUT2D eigenvalue weighted by Gasteiger charge is -2.22. The van der Waals surface area contributed by atoms with Crippen molar-refractivity contribution in [3.05, 3.63) is 35.6 Å². The third kappa shape index (κ3) is 3.12. The number of hydrogen-bond acceptors (Lipinski definition) is 2. The normalized spacial score (nSPS) is 11.1. The SMILES string of the molecule is CCc1oc2ccccc2c1CN(C)C(=S)NC(C)C. The molecule has 0 atom stereocenters.